The van der Waals surface area contributed by atoms with Crippen LogP contribution in [0.5, 0.6) is 0 Å². The van der Waals surface area contributed by atoms with Crippen LogP contribution in [-0.4, -0.2) is 37.6 Å². The number of carbonyl (C=O) groups excluding carboxylic acids is 1. The largest absolute Gasteiger partial charge is 0.332 e. The number of carbonyl (C=O) groups is 1. The molecule has 0 spiro atoms. The fourth-order valence-electron chi connectivity index (χ4n) is 4.13. The molecule has 0 radical (unpaired) electrons. The fraction of sp³-hybridized carbons (Fsp3) is 0.579. The number of benzene rings is 1. The highest BCUT2D eigenvalue weighted by Crippen LogP contribution is 2.34. The van der Waals surface area contributed by atoms with Gasteiger partial charge < -0.3 is 4.90 Å². The minimum absolute atomic E-state index is 0.0568. The molecule has 1 unspecified atom stereocenters. The molecule has 1 amide bonds. The molecule has 26 heavy (non-hydrogen) atoms. The van der Waals surface area contributed by atoms with E-state index in [-0.39, 0.29) is 17.9 Å². The third-order valence-electron chi connectivity index (χ3n) is 5.51. The summed E-state index contributed by atoms with van der Waals surface area (Å²) in [7, 11) is 0. The molecule has 2 fully saturated rings. The van der Waals surface area contributed by atoms with E-state index in [1.54, 1.807) is 6.07 Å². The molecule has 4 rings (SSSR count). The Morgan fingerprint density at radius 2 is 1.88 bits per heavy atom. The summed E-state index contributed by atoms with van der Waals surface area (Å²) in [6.45, 7) is 0.797. The topological polar surface area (TPSA) is 63.9 Å². The van der Waals surface area contributed by atoms with Crippen molar-refractivity contribution in [1.82, 2.24) is 25.1 Å². The van der Waals surface area contributed by atoms with Gasteiger partial charge in [0.2, 0.25) is 5.91 Å². The van der Waals surface area contributed by atoms with Crippen molar-refractivity contribution in [3.8, 4) is 5.69 Å². The lowest BCUT2D eigenvalue weighted by atomic mass is 9.98. The van der Waals surface area contributed by atoms with E-state index in [0.717, 1.165) is 50.8 Å². The summed E-state index contributed by atoms with van der Waals surface area (Å²) in [5.41, 5.74) is 0.774. The zero-order valence-electron chi connectivity index (χ0n) is 14.9. The van der Waals surface area contributed by atoms with Gasteiger partial charge in [-0.3, -0.25) is 4.79 Å². The molecule has 1 aliphatic heterocycles. The van der Waals surface area contributed by atoms with Gasteiger partial charge in [-0.1, -0.05) is 43.4 Å². The number of aromatic nitrogens is 4. The minimum atomic E-state index is -0.0568. The second-order valence-electron chi connectivity index (χ2n) is 7.30. The van der Waals surface area contributed by atoms with Crippen LogP contribution in [0.1, 0.15) is 63.2 Å². The first-order chi connectivity index (χ1) is 12.7. The van der Waals surface area contributed by atoms with E-state index < -0.39 is 0 Å². The Bertz CT molecular complexity index is 769. The van der Waals surface area contributed by atoms with Gasteiger partial charge in [0.15, 0.2) is 5.82 Å². The van der Waals surface area contributed by atoms with Crippen molar-refractivity contribution >= 4 is 17.5 Å². The highest BCUT2D eigenvalue weighted by molar-refractivity contribution is 6.30. The molecule has 7 heteroatoms. The summed E-state index contributed by atoms with van der Waals surface area (Å²) in [4.78, 5) is 16.6. The molecular formula is C19H24ClN5O. The average Bonchev–Trinajstić information content (AvgIpc) is 3.24. The minimum Gasteiger partial charge on any atom is -0.332 e. The molecule has 2 heterocycles. The number of hydrogen-bond acceptors (Lipinski definition) is 4. The summed E-state index contributed by atoms with van der Waals surface area (Å²) in [6.07, 6.45) is 8.77. The van der Waals surface area contributed by atoms with Gasteiger partial charge in [-0.25, -0.2) is 0 Å². The summed E-state index contributed by atoms with van der Waals surface area (Å²) >= 11 is 6.05. The fourth-order valence-corrected chi connectivity index (χ4v) is 4.31. The van der Waals surface area contributed by atoms with Crippen LogP contribution < -0.4 is 0 Å². The van der Waals surface area contributed by atoms with Crippen LogP contribution in [0.3, 0.4) is 0 Å². The zero-order chi connectivity index (χ0) is 17.9. The monoisotopic (exact) mass is 373 g/mol. The predicted molar refractivity (Wildman–Crippen MR) is 99.0 cm³/mol. The standard InChI is InChI=1S/C19H24ClN5O/c20-15-9-5-10-16(13-15)25-22-18(21-23-25)17-11-6-12-24(17)19(26)14-7-3-1-2-4-8-14/h5,9-10,13-14,17H,1-4,6-8,11-12H2. The van der Waals surface area contributed by atoms with Crippen LogP contribution in [-0.2, 0) is 4.79 Å². The molecule has 0 N–H and O–H groups in total. The van der Waals surface area contributed by atoms with Gasteiger partial charge in [0.25, 0.3) is 0 Å². The average molecular weight is 374 g/mol. The number of likely N-dealkylation sites (tertiary alicyclic amines) is 1. The number of hydrogen-bond donors (Lipinski definition) is 0. The molecule has 2 aromatic rings. The number of halogens is 1. The molecular weight excluding hydrogens is 350 g/mol. The maximum atomic E-state index is 13.1. The van der Waals surface area contributed by atoms with E-state index in [4.69, 9.17) is 11.6 Å². The van der Waals surface area contributed by atoms with Gasteiger partial charge in [-0.2, -0.15) is 0 Å². The quantitative estimate of drug-likeness (QED) is 0.764. The molecule has 1 atom stereocenters. The van der Waals surface area contributed by atoms with Gasteiger partial charge >= 0.3 is 0 Å². The Balaban J connectivity index is 1.52. The molecule has 138 valence electrons. The van der Waals surface area contributed by atoms with E-state index in [1.807, 2.05) is 23.1 Å². The lowest BCUT2D eigenvalue weighted by molar-refractivity contribution is -0.137. The van der Waals surface area contributed by atoms with E-state index in [2.05, 4.69) is 15.4 Å². The van der Waals surface area contributed by atoms with Gasteiger partial charge in [0.1, 0.15) is 0 Å². The van der Waals surface area contributed by atoms with Crippen LogP contribution in [0.4, 0.5) is 0 Å². The first-order valence-corrected chi connectivity index (χ1v) is 9.96. The third kappa shape index (κ3) is 3.61. The van der Waals surface area contributed by atoms with E-state index in [1.165, 1.54) is 17.6 Å². The maximum Gasteiger partial charge on any atom is 0.226 e. The molecule has 1 saturated heterocycles. The summed E-state index contributed by atoms with van der Waals surface area (Å²) < 4.78 is 0. The number of nitrogens with zero attached hydrogens (tertiary/aromatic N) is 5. The van der Waals surface area contributed by atoms with Crippen LogP contribution in [0.2, 0.25) is 5.02 Å². The lowest BCUT2D eigenvalue weighted by Crippen LogP contribution is -2.36. The molecule has 2 aliphatic rings. The highest BCUT2D eigenvalue weighted by atomic mass is 35.5. The molecule has 1 aromatic heterocycles. The first kappa shape index (κ1) is 17.5. The van der Waals surface area contributed by atoms with Crippen molar-refractivity contribution in [2.75, 3.05) is 6.54 Å². The second-order valence-corrected chi connectivity index (χ2v) is 7.73. The van der Waals surface area contributed by atoms with Crippen molar-refractivity contribution in [2.45, 2.75) is 57.4 Å². The highest BCUT2D eigenvalue weighted by Gasteiger charge is 2.36. The van der Waals surface area contributed by atoms with Crippen LogP contribution in [0, 0.1) is 5.92 Å². The van der Waals surface area contributed by atoms with Crippen LogP contribution in [0.15, 0.2) is 24.3 Å². The Morgan fingerprint density at radius 1 is 1.08 bits per heavy atom. The Kier molecular flexibility index (Phi) is 5.20. The summed E-state index contributed by atoms with van der Waals surface area (Å²) in [5.74, 6) is 1.08. The van der Waals surface area contributed by atoms with Crippen LogP contribution >= 0.6 is 11.6 Å². The van der Waals surface area contributed by atoms with Gasteiger partial charge in [-0.05, 0) is 49.1 Å². The Morgan fingerprint density at radius 3 is 2.65 bits per heavy atom. The number of tetrazole rings is 1. The van der Waals surface area contributed by atoms with Gasteiger partial charge in [-0.15, -0.1) is 15.0 Å². The van der Waals surface area contributed by atoms with E-state index in [0.29, 0.717) is 10.8 Å². The van der Waals surface area contributed by atoms with Crippen molar-refractivity contribution in [3.05, 3.63) is 35.1 Å². The van der Waals surface area contributed by atoms with E-state index >= 15 is 0 Å². The SMILES string of the molecule is O=C(C1CCCCCC1)N1CCCC1c1nnn(-c2cccc(Cl)c2)n1. The second kappa shape index (κ2) is 7.74. The number of rotatable bonds is 3. The Hall–Kier alpha value is -1.95. The molecule has 6 nitrogen and oxygen atoms in total. The van der Waals surface area contributed by atoms with Crippen molar-refractivity contribution < 1.29 is 4.79 Å². The van der Waals surface area contributed by atoms with Gasteiger partial charge in [0, 0.05) is 17.5 Å². The first-order valence-electron chi connectivity index (χ1n) is 9.59. The number of amides is 1. The summed E-state index contributed by atoms with van der Waals surface area (Å²) in [5, 5.41) is 13.6. The van der Waals surface area contributed by atoms with Gasteiger partial charge in [0.05, 0.1) is 11.7 Å². The van der Waals surface area contributed by atoms with Crippen molar-refractivity contribution in [2.24, 2.45) is 5.92 Å². The van der Waals surface area contributed by atoms with Crippen molar-refractivity contribution in [3.63, 3.8) is 0 Å². The molecule has 1 aliphatic carbocycles. The zero-order valence-corrected chi connectivity index (χ0v) is 15.6. The Labute approximate surface area is 158 Å². The molecule has 1 aromatic carbocycles. The van der Waals surface area contributed by atoms with E-state index in [9.17, 15) is 4.79 Å². The molecule has 0 bridgehead atoms. The lowest BCUT2D eigenvalue weighted by Gasteiger charge is -2.26. The third-order valence-corrected chi connectivity index (χ3v) is 5.74. The van der Waals surface area contributed by atoms with Crippen molar-refractivity contribution in [1.29, 1.82) is 0 Å². The predicted octanol–water partition coefficient (Wildman–Crippen LogP) is 3.95. The summed E-state index contributed by atoms with van der Waals surface area (Å²) in [6, 6.07) is 7.31. The smallest absolute Gasteiger partial charge is 0.226 e. The molecule has 1 saturated carbocycles. The maximum absolute atomic E-state index is 13.1. The van der Waals surface area contributed by atoms with Crippen LogP contribution in [0.25, 0.3) is 5.69 Å². The normalized spacial score (nSPS) is 21.7.